The van der Waals surface area contributed by atoms with Gasteiger partial charge >= 0.3 is 0 Å². The van der Waals surface area contributed by atoms with E-state index in [-0.39, 0.29) is 17.6 Å². The Kier molecular flexibility index (Phi) is 5.20. The summed E-state index contributed by atoms with van der Waals surface area (Å²) in [5.41, 5.74) is -0.354. The molecule has 0 aliphatic carbocycles. The highest BCUT2D eigenvalue weighted by Gasteiger charge is 2.47. The first-order chi connectivity index (χ1) is 8.35. The Labute approximate surface area is 112 Å². The van der Waals surface area contributed by atoms with Gasteiger partial charge in [0.15, 0.2) is 0 Å². The molecule has 1 saturated heterocycles. The van der Waals surface area contributed by atoms with Crippen molar-refractivity contribution >= 4 is 5.91 Å². The van der Waals surface area contributed by atoms with E-state index < -0.39 is 0 Å². The molecule has 1 N–H and O–H groups in total. The first kappa shape index (κ1) is 15.5. The van der Waals surface area contributed by atoms with Crippen LogP contribution in [-0.2, 0) is 4.79 Å². The van der Waals surface area contributed by atoms with E-state index in [1.165, 1.54) is 6.42 Å². The van der Waals surface area contributed by atoms with Crippen molar-refractivity contribution in [3.63, 3.8) is 0 Å². The van der Waals surface area contributed by atoms with Gasteiger partial charge in [-0.15, -0.1) is 0 Å². The van der Waals surface area contributed by atoms with Crippen molar-refractivity contribution in [1.29, 1.82) is 0 Å². The fraction of sp³-hybridized carbons (Fsp3) is 0.933. The Bertz CT molecular complexity index is 290. The minimum absolute atomic E-state index is 0.213. The van der Waals surface area contributed by atoms with Gasteiger partial charge in [0.05, 0.1) is 11.7 Å². The quantitative estimate of drug-likeness (QED) is 0.789. The van der Waals surface area contributed by atoms with E-state index >= 15 is 0 Å². The first-order valence-corrected chi connectivity index (χ1v) is 7.46. The summed E-state index contributed by atoms with van der Waals surface area (Å²) < 4.78 is 0. The summed E-state index contributed by atoms with van der Waals surface area (Å²) >= 11 is 0. The lowest BCUT2D eigenvalue weighted by molar-refractivity contribution is -0.135. The van der Waals surface area contributed by atoms with Gasteiger partial charge in [0.1, 0.15) is 0 Å². The number of hydrogen-bond acceptors (Lipinski definition) is 2. The molecule has 1 aliphatic heterocycles. The third-order valence-corrected chi connectivity index (χ3v) is 4.26. The zero-order chi connectivity index (χ0) is 13.9. The lowest BCUT2D eigenvalue weighted by atomic mass is 9.98. The van der Waals surface area contributed by atoms with Gasteiger partial charge in [-0.1, -0.05) is 27.7 Å². The molecule has 1 fully saturated rings. The van der Waals surface area contributed by atoms with Crippen LogP contribution in [0.1, 0.15) is 67.2 Å². The van der Waals surface area contributed by atoms with Crippen LogP contribution < -0.4 is 5.32 Å². The maximum atomic E-state index is 12.6. The molecule has 0 saturated carbocycles. The molecule has 3 nitrogen and oxygen atoms in total. The predicted octanol–water partition coefficient (Wildman–Crippen LogP) is 3.15. The van der Waals surface area contributed by atoms with E-state index in [9.17, 15) is 4.79 Å². The molecule has 1 amide bonds. The molecule has 3 unspecified atom stereocenters. The molecule has 0 aromatic heterocycles. The number of rotatable bonds is 6. The van der Waals surface area contributed by atoms with E-state index in [1.54, 1.807) is 0 Å². The number of carbonyl (C=O) groups excluding carboxylic acids is 1. The molecule has 1 heterocycles. The molecule has 18 heavy (non-hydrogen) atoms. The molecule has 1 aliphatic rings. The summed E-state index contributed by atoms with van der Waals surface area (Å²) in [4.78, 5) is 14.7. The van der Waals surface area contributed by atoms with Crippen LogP contribution in [0.2, 0.25) is 0 Å². The highest BCUT2D eigenvalue weighted by Crippen LogP contribution is 2.28. The fourth-order valence-electron chi connectivity index (χ4n) is 2.70. The zero-order valence-corrected chi connectivity index (χ0v) is 12.9. The predicted molar refractivity (Wildman–Crippen MR) is 76.3 cm³/mol. The summed E-state index contributed by atoms with van der Waals surface area (Å²) in [6.07, 6.45) is 4.33. The van der Waals surface area contributed by atoms with Crippen LogP contribution in [-0.4, -0.2) is 28.6 Å². The minimum Gasteiger partial charge on any atom is -0.323 e. The Morgan fingerprint density at radius 1 is 1.28 bits per heavy atom. The van der Waals surface area contributed by atoms with Crippen LogP contribution in [0.3, 0.4) is 0 Å². The number of nitrogens with one attached hydrogen (secondary N) is 1. The molecular formula is C15H30N2O. The molecule has 0 aromatic rings. The van der Waals surface area contributed by atoms with Gasteiger partial charge in [-0.05, 0) is 45.4 Å². The van der Waals surface area contributed by atoms with Crippen molar-refractivity contribution < 1.29 is 4.79 Å². The molecule has 1 rings (SSSR count). The second-order valence-electron chi connectivity index (χ2n) is 6.29. The molecule has 3 atom stereocenters. The van der Waals surface area contributed by atoms with Crippen LogP contribution in [0, 0.1) is 5.92 Å². The summed E-state index contributed by atoms with van der Waals surface area (Å²) in [5, 5.41) is 3.51. The average Bonchev–Trinajstić information content (AvgIpc) is 2.59. The van der Waals surface area contributed by atoms with Crippen molar-refractivity contribution in [2.24, 2.45) is 5.92 Å². The molecule has 0 aromatic carbocycles. The van der Waals surface area contributed by atoms with Crippen LogP contribution >= 0.6 is 0 Å². The van der Waals surface area contributed by atoms with E-state index in [0.29, 0.717) is 12.0 Å². The van der Waals surface area contributed by atoms with E-state index in [0.717, 1.165) is 19.3 Å². The average molecular weight is 254 g/mol. The fourth-order valence-corrected chi connectivity index (χ4v) is 2.70. The molecule has 0 spiro atoms. The molecule has 0 bridgehead atoms. The van der Waals surface area contributed by atoms with E-state index in [2.05, 4.69) is 44.8 Å². The first-order valence-electron chi connectivity index (χ1n) is 7.46. The maximum Gasteiger partial charge on any atom is 0.244 e. The topological polar surface area (TPSA) is 32.3 Å². The monoisotopic (exact) mass is 254 g/mol. The van der Waals surface area contributed by atoms with E-state index in [1.807, 2.05) is 6.92 Å². The van der Waals surface area contributed by atoms with Crippen molar-refractivity contribution in [3.8, 4) is 0 Å². The number of amides is 1. The van der Waals surface area contributed by atoms with Gasteiger partial charge in [0.2, 0.25) is 5.91 Å². The largest absolute Gasteiger partial charge is 0.323 e. The van der Waals surface area contributed by atoms with Gasteiger partial charge in [-0.3, -0.25) is 10.1 Å². The smallest absolute Gasteiger partial charge is 0.244 e. The highest BCUT2D eigenvalue weighted by atomic mass is 16.2. The standard InChI is InChI=1S/C15H30N2O/c1-7-13-16-15(6,8-2)14(18)17(13)12(5)10-9-11(3)4/h11-13,16H,7-10H2,1-6H3. The Morgan fingerprint density at radius 3 is 2.33 bits per heavy atom. The summed E-state index contributed by atoms with van der Waals surface area (Å²) in [6.45, 7) is 12.9. The Morgan fingerprint density at radius 2 is 1.89 bits per heavy atom. The Hall–Kier alpha value is -0.570. The lowest BCUT2D eigenvalue weighted by Gasteiger charge is -2.30. The number of carbonyl (C=O) groups is 1. The van der Waals surface area contributed by atoms with Crippen molar-refractivity contribution in [2.45, 2.75) is 85.0 Å². The van der Waals surface area contributed by atoms with Crippen LogP contribution in [0.25, 0.3) is 0 Å². The summed E-state index contributed by atoms with van der Waals surface area (Å²) in [5.74, 6) is 0.990. The van der Waals surface area contributed by atoms with Gasteiger partial charge in [-0.25, -0.2) is 0 Å². The van der Waals surface area contributed by atoms with Gasteiger partial charge < -0.3 is 4.90 Å². The third kappa shape index (κ3) is 3.05. The van der Waals surface area contributed by atoms with Gasteiger partial charge in [-0.2, -0.15) is 0 Å². The van der Waals surface area contributed by atoms with Crippen LogP contribution in [0.5, 0.6) is 0 Å². The van der Waals surface area contributed by atoms with E-state index in [4.69, 9.17) is 0 Å². The summed E-state index contributed by atoms with van der Waals surface area (Å²) in [7, 11) is 0. The summed E-state index contributed by atoms with van der Waals surface area (Å²) in [6, 6.07) is 0.339. The molecule has 0 radical (unpaired) electrons. The highest BCUT2D eigenvalue weighted by molar-refractivity contribution is 5.88. The van der Waals surface area contributed by atoms with Crippen molar-refractivity contribution in [1.82, 2.24) is 10.2 Å². The number of hydrogen-bond donors (Lipinski definition) is 1. The second-order valence-corrected chi connectivity index (χ2v) is 6.29. The van der Waals surface area contributed by atoms with Crippen molar-refractivity contribution in [3.05, 3.63) is 0 Å². The molecule has 3 heteroatoms. The van der Waals surface area contributed by atoms with Gasteiger partial charge in [0.25, 0.3) is 0 Å². The zero-order valence-electron chi connectivity index (χ0n) is 12.9. The third-order valence-electron chi connectivity index (χ3n) is 4.26. The Balaban J connectivity index is 2.75. The molecule has 106 valence electrons. The normalized spacial score (nSPS) is 30.3. The second kappa shape index (κ2) is 6.05. The van der Waals surface area contributed by atoms with Gasteiger partial charge in [0, 0.05) is 6.04 Å². The molecular weight excluding hydrogens is 224 g/mol. The maximum absolute atomic E-state index is 12.6. The van der Waals surface area contributed by atoms with Crippen molar-refractivity contribution in [2.75, 3.05) is 0 Å². The minimum atomic E-state index is -0.354. The lowest BCUT2D eigenvalue weighted by Crippen LogP contribution is -2.44. The SMILES string of the molecule is CCC1NC(C)(CC)C(=O)N1C(C)CCC(C)C. The number of nitrogens with zero attached hydrogens (tertiary/aromatic N) is 1. The van der Waals surface area contributed by atoms with Crippen LogP contribution in [0.15, 0.2) is 0 Å². The van der Waals surface area contributed by atoms with Crippen LogP contribution in [0.4, 0.5) is 0 Å².